The van der Waals surface area contributed by atoms with Gasteiger partial charge in [-0.3, -0.25) is 4.79 Å². The lowest BCUT2D eigenvalue weighted by Gasteiger charge is -2.19. The molecule has 2 aliphatic rings. The molecular weight excluding hydrogens is 236 g/mol. The van der Waals surface area contributed by atoms with Crippen LogP contribution in [0.5, 0.6) is 0 Å². The summed E-state index contributed by atoms with van der Waals surface area (Å²) in [4.78, 5) is 23.9. The van der Waals surface area contributed by atoms with Crippen LogP contribution in [0.4, 0.5) is 0 Å². The van der Waals surface area contributed by atoms with Crippen LogP contribution in [0.25, 0.3) is 0 Å². The second-order valence-electron chi connectivity index (χ2n) is 4.82. The quantitative estimate of drug-likeness (QED) is 0.431. The first kappa shape index (κ1) is 11.7. The van der Waals surface area contributed by atoms with Gasteiger partial charge in [0.25, 0.3) is 0 Å². The lowest BCUT2D eigenvalue weighted by atomic mass is 10.1. The molecule has 0 aromatic rings. The SMILES string of the molecule is [3H]O[C@H]1CNC(C(=O)NC2(C(=O)OC)CC2C=C)C1. The lowest BCUT2D eigenvalue weighted by molar-refractivity contribution is -0.147. The van der Waals surface area contributed by atoms with Crippen LogP contribution >= 0.6 is 0 Å². The fraction of sp³-hybridized carbons (Fsp3) is 0.667. The Kier molecular flexibility index (Phi) is 3.05. The van der Waals surface area contributed by atoms with Crippen molar-refractivity contribution < 1.29 is 19.4 Å². The monoisotopic (exact) mass is 256 g/mol. The first-order chi connectivity index (χ1) is 9.07. The highest BCUT2D eigenvalue weighted by Gasteiger charge is 2.61. The molecule has 1 aliphatic carbocycles. The average Bonchev–Trinajstić information content (AvgIpc) is 2.92. The van der Waals surface area contributed by atoms with Gasteiger partial charge in [-0.05, 0) is 12.8 Å². The van der Waals surface area contributed by atoms with Gasteiger partial charge in [0, 0.05) is 12.5 Å². The molecule has 1 amide bonds. The second kappa shape index (κ2) is 4.70. The molecule has 1 saturated carbocycles. The smallest absolute Gasteiger partial charge is 0.332 e. The third-order valence-corrected chi connectivity index (χ3v) is 3.60. The Labute approximate surface area is 107 Å². The van der Waals surface area contributed by atoms with Gasteiger partial charge in [0.05, 0.1) is 19.3 Å². The summed E-state index contributed by atoms with van der Waals surface area (Å²) >= 11 is 0. The molecule has 1 heterocycles. The van der Waals surface area contributed by atoms with Crippen molar-refractivity contribution in [2.24, 2.45) is 5.92 Å². The number of esters is 1. The van der Waals surface area contributed by atoms with Gasteiger partial charge in [0.15, 0.2) is 0 Å². The van der Waals surface area contributed by atoms with E-state index < -0.39 is 17.6 Å². The van der Waals surface area contributed by atoms with E-state index in [0.717, 1.165) is 0 Å². The first-order valence-corrected chi connectivity index (χ1v) is 5.95. The minimum Gasteiger partial charge on any atom is -0.467 e. The summed E-state index contributed by atoms with van der Waals surface area (Å²) in [6, 6.07) is -0.442. The molecule has 3 N–H and O–H groups in total. The molecule has 6 heteroatoms. The van der Waals surface area contributed by atoms with Gasteiger partial charge in [-0.25, -0.2) is 4.79 Å². The Morgan fingerprint density at radius 3 is 3.00 bits per heavy atom. The van der Waals surface area contributed by atoms with Crippen molar-refractivity contribution >= 4 is 11.9 Å². The number of hydrogen-bond acceptors (Lipinski definition) is 5. The Balaban J connectivity index is 1.98. The summed E-state index contributed by atoms with van der Waals surface area (Å²) < 4.78 is 11.6. The fourth-order valence-corrected chi connectivity index (χ4v) is 2.39. The fourth-order valence-electron chi connectivity index (χ4n) is 2.39. The van der Waals surface area contributed by atoms with Crippen molar-refractivity contribution in [2.75, 3.05) is 13.7 Å². The summed E-state index contributed by atoms with van der Waals surface area (Å²) in [6.45, 7) is 4.10. The molecule has 100 valence electrons. The van der Waals surface area contributed by atoms with Crippen molar-refractivity contribution in [3.8, 4) is 0 Å². The minimum atomic E-state index is -0.963. The molecule has 2 fully saturated rings. The first-order valence-electron chi connectivity index (χ1n) is 6.36. The Hall–Kier alpha value is -1.40. The molecule has 1 saturated heterocycles. The Morgan fingerprint density at radius 2 is 2.50 bits per heavy atom. The van der Waals surface area contributed by atoms with Crippen LogP contribution in [0.15, 0.2) is 12.7 Å². The van der Waals surface area contributed by atoms with Gasteiger partial charge in [0.2, 0.25) is 7.34 Å². The molecule has 3 unspecified atom stereocenters. The standard InChI is InChI=1S/C12H18N2O4/c1-3-7-5-12(7,11(17)18-2)14-10(16)9-4-8(15)6-13-9/h3,7-9,13,15H,1,4-6H2,2H3,(H,14,16)/t7?,8-,9?,12?/m1/s1/i15T. The lowest BCUT2D eigenvalue weighted by Crippen LogP contribution is -2.51. The van der Waals surface area contributed by atoms with Crippen molar-refractivity contribution in [1.82, 2.24) is 10.6 Å². The Bertz CT molecular complexity index is 403. The van der Waals surface area contributed by atoms with Gasteiger partial charge < -0.3 is 20.5 Å². The number of nitrogens with one attached hydrogen (secondary N) is 2. The maximum Gasteiger partial charge on any atom is 0.332 e. The van der Waals surface area contributed by atoms with Crippen LogP contribution in [0.1, 0.15) is 12.8 Å². The summed E-state index contributed by atoms with van der Waals surface area (Å²) in [5.41, 5.74) is -0.963. The molecule has 0 spiro atoms. The van der Waals surface area contributed by atoms with E-state index in [9.17, 15) is 9.59 Å². The molecule has 6 nitrogen and oxygen atoms in total. The van der Waals surface area contributed by atoms with E-state index in [1.807, 2.05) is 0 Å². The molecule has 1 aliphatic heterocycles. The van der Waals surface area contributed by atoms with Crippen LogP contribution < -0.4 is 10.6 Å². The topological polar surface area (TPSA) is 87.7 Å². The van der Waals surface area contributed by atoms with Crippen molar-refractivity contribution in [2.45, 2.75) is 30.5 Å². The van der Waals surface area contributed by atoms with Crippen molar-refractivity contribution in [3.63, 3.8) is 0 Å². The summed E-state index contributed by atoms with van der Waals surface area (Å²) in [6.07, 6.45) is 2.29. The zero-order valence-corrected chi connectivity index (χ0v) is 10.3. The number of aliphatic hydroxyl groups excluding tert-OH is 1. The molecule has 0 radical (unpaired) electrons. The van der Waals surface area contributed by atoms with Crippen molar-refractivity contribution in [1.29, 1.82) is 1.43 Å². The van der Waals surface area contributed by atoms with Crippen LogP contribution in [-0.4, -0.2) is 49.8 Å². The predicted molar refractivity (Wildman–Crippen MR) is 63.6 cm³/mol. The van der Waals surface area contributed by atoms with Crippen LogP contribution in [0.2, 0.25) is 0 Å². The van der Waals surface area contributed by atoms with Gasteiger partial charge in [-0.2, -0.15) is 0 Å². The third kappa shape index (κ3) is 2.13. The zero-order valence-electron chi connectivity index (χ0n) is 11.3. The minimum absolute atomic E-state index is 0.0893. The number of amides is 1. The highest BCUT2D eigenvalue weighted by atomic mass is 16.5. The molecule has 18 heavy (non-hydrogen) atoms. The van der Waals surface area contributed by atoms with E-state index in [-0.39, 0.29) is 17.9 Å². The normalized spacial score (nSPS) is 38.7. The number of carbonyl (C=O) groups is 2. The van der Waals surface area contributed by atoms with E-state index in [1.54, 1.807) is 6.08 Å². The zero-order chi connectivity index (χ0) is 14.0. The maximum atomic E-state index is 12.1. The van der Waals surface area contributed by atoms with Gasteiger partial charge in [-0.1, -0.05) is 6.08 Å². The summed E-state index contributed by atoms with van der Waals surface area (Å²) in [7, 11) is 1.30. The highest BCUT2D eigenvalue weighted by molar-refractivity contribution is 5.93. The second-order valence-corrected chi connectivity index (χ2v) is 4.82. The van der Waals surface area contributed by atoms with Gasteiger partial charge in [0.1, 0.15) is 5.54 Å². The van der Waals surface area contributed by atoms with E-state index in [4.69, 9.17) is 6.17 Å². The number of rotatable bonds is 5. The largest absolute Gasteiger partial charge is 0.467 e. The maximum absolute atomic E-state index is 12.1. The predicted octanol–water partition coefficient (Wildman–Crippen LogP) is -1.06. The third-order valence-electron chi connectivity index (χ3n) is 3.60. The van der Waals surface area contributed by atoms with E-state index in [1.165, 1.54) is 7.11 Å². The molecule has 0 aromatic carbocycles. The van der Waals surface area contributed by atoms with E-state index in [2.05, 4.69) is 22.3 Å². The number of hydrogen-bond donors (Lipinski definition) is 3. The van der Waals surface area contributed by atoms with E-state index in [0.29, 0.717) is 19.4 Å². The van der Waals surface area contributed by atoms with E-state index >= 15 is 0 Å². The number of carbonyl (C=O) groups excluding carboxylic acids is 2. The highest BCUT2D eigenvalue weighted by Crippen LogP contribution is 2.45. The molecular formula is C12H18N2O4. The van der Waals surface area contributed by atoms with Crippen molar-refractivity contribution in [3.05, 3.63) is 12.7 Å². The molecule has 0 aromatic heterocycles. The number of methoxy groups -OCH3 is 1. The Morgan fingerprint density at radius 1 is 1.72 bits per heavy atom. The van der Waals surface area contributed by atoms with Crippen LogP contribution in [0, 0.1) is 5.92 Å². The summed E-state index contributed by atoms with van der Waals surface area (Å²) in [5, 5.41) is 10.2. The van der Waals surface area contributed by atoms with Gasteiger partial charge >= 0.3 is 5.97 Å². The van der Waals surface area contributed by atoms with Gasteiger partial charge in [-0.15, -0.1) is 6.58 Å². The molecule has 4 atom stereocenters. The van der Waals surface area contributed by atoms with Crippen LogP contribution in [-0.2, 0) is 14.3 Å². The number of β-amino-alcohol motifs (C(OH)–C–C–N with tert-alkyl or cyclic N) is 1. The van der Waals surface area contributed by atoms with Crippen LogP contribution in [0.3, 0.4) is 0 Å². The average molecular weight is 256 g/mol. The summed E-state index contributed by atoms with van der Waals surface area (Å²) in [5.74, 6) is -0.806. The number of aliphatic hydroxyl groups is 1. The molecule has 2 rings (SSSR count). The molecule has 0 bridgehead atoms. The number of ether oxygens (including phenoxy) is 1.